The van der Waals surface area contributed by atoms with Crippen LogP contribution in [0.2, 0.25) is 0 Å². The summed E-state index contributed by atoms with van der Waals surface area (Å²) in [7, 11) is 0. The molecule has 0 aliphatic carbocycles. The Balaban J connectivity index is 0. The van der Waals surface area contributed by atoms with Gasteiger partial charge in [-0.2, -0.15) is 0 Å². The van der Waals surface area contributed by atoms with Gasteiger partial charge in [0.1, 0.15) is 6.29 Å². The van der Waals surface area contributed by atoms with Crippen LogP contribution in [-0.4, -0.2) is 18.0 Å². The maximum atomic E-state index is 9.41. The summed E-state index contributed by atoms with van der Waals surface area (Å²) in [5, 5.41) is 8.14. The van der Waals surface area contributed by atoms with Crippen LogP contribution in [0.25, 0.3) is 0 Å². The summed E-state index contributed by atoms with van der Waals surface area (Å²) in [4.78, 5) is 9.41. The fourth-order valence-electron chi connectivity index (χ4n) is 0. The van der Waals surface area contributed by atoms with Gasteiger partial charge in [-0.15, -0.1) is 0 Å². The number of allylic oxidation sites excluding steroid dienone is 1. The third-order valence-corrected chi connectivity index (χ3v) is 0.566. The minimum absolute atomic E-state index is 0.306. The van der Waals surface area contributed by atoms with Crippen molar-refractivity contribution in [2.45, 2.75) is 20.8 Å². The van der Waals surface area contributed by atoms with Crippen LogP contribution in [-0.2, 0) is 4.79 Å². The molecule has 0 spiro atoms. The number of carbonyl (C=O) groups excluding carboxylic acids is 1. The van der Waals surface area contributed by atoms with Gasteiger partial charge in [0.05, 0.1) is 0 Å². The number of carbonyl (C=O) groups is 1. The Bertz CT molecular complexity index is 95.4. The highest BCUT2D eigenvalue weighted by Crippen LogP contribution is 1.83. The number of aldehydes is 1. The highest BCUT2D eigenvalue weighted by atomic mass is 16.3. The Kier molecular flexibility index (Phi) is 10.1. The molecule has 2 nitrogen and oxygen atoms in total. The first-order valence-corrected chi connectivity index (χ1v) is 3.26. The smallest absolute Gasteiger partial charge is 0.145 e. The molecule has 0 aliphatic heterocycles. The molecule has 0 atom stereocenters. The first kappa shape index (κ1) is 12.1. The lowest BCUT2D eigenvalue weighted by atomic mass is 10.2. The van der Waals surface area contributed by atoms with Gasteiger partial charge >= 0.3 is 0 Å². The summed E-state index contributed by atoms with van der Waals surface area (Å²) in [5.41, 5.74) is 0.574. The lowest BCUT2D eigenvalue weighted by molar-refractivity contribution is -0.104. The molecule has 0 aliphatic rings. The molecule has 0 aromatic rings. The topological polar surface area (TPSA) is 37.3 Å². The van der Waals surface area contributed by atoms with Crippen molar-refractivity contribution >= 4 is 6.29 Å². The molecule has 0 fully saturated rings. The van der Waals surface area contributed by atoms with Gasteiger partial charge in [-0.25, -0.2) is 0 Å². The molecule has 1 N–H and O–H groups in total. The number of hydrogen-bond donors (Lipinski definition) is 1. The molecule has 0 heterocycles. The van der Waals surface area contributed by atoms with Crippen LogP contribution >= 0.6 is 0 Å². The second-order valence-electron chi connectivity index (χ2n) is 2.54. The highest BCUT2D eigenvalue weighted by Gasteiger charge is 1.81. The van der Waals surface area contributed by atoms with Gasteiger partial charge in [0.25, 0.3) is 0 Å². The summed E-state index contributed by atoms with van der Waals surface area (Å²) < 4.78 is 0. The second kappa shape index (κ2) is 8.37. The molecular formula is C8H16O2. The normalized spacial score (nSPS) is 8.10. The van der Waals surface area contributed by atoms with E-state index in [0.717, 1.165) is 6.29 Å². The van der Waals surface area contributed by atoms with Crippen LogP contribution in [0, 0.1) is 5.92 Å². The Labute approximate surface area is 62.6 Å². The summed E-state index contributed by atoms with van der Waals surface area (Å²) in [6.07, 6.45) is 0.722. The molecular weight excluding hydrogens is 128 g/mol. The molecule has 0 rings (SSSR count). The molecule has 2 heteroatoms. The largest absolute Gasteiger partial charge is 0.396 e. The molecule has 0 aromatic carbocycles. The van der Waals surface area contributed by atoms with E-state index in [1.807, 2.05) is 13.8 Å². The van der Waals surface area contributed by atoms with Crippen molar-refractivity contribution in [3.63, 3.8) is 0 Å². The van der Waals surface area contributed by atoms with E-state index in [0.29, 0.717) is 18.1 Å². The van der Waals surface area contributed by atoms with Gasteiger partial charge in [0, 0.05) is 6.61 Å². The van der Waals surface area contributed by atoms with Crippen LogP contribution in [0.15, 0.2) is 12.2 Å². The lowest BCUT2D eigenvalue weighted by Gasteiger charge is -1.90. The molecule has 0 amide bonds. The molecule has 0 radical (unpaired) electrons. The zero-order valence-corrected chi connectivity index (χ0v) is 6.92. The molecule has 60 valence electrons. The predicted molar refractivity (Wildman–Crippen MR) is 42.8 cm³/mol. The molecule has 0 aromatic heterocycles. The van der Waals surface area contributed by atoms with Crippen molar-refractivity contribution in [2.24, 2.45) is 5.92 Å². The van der Waals surface area contributed by atoms with Crippen molar-refractivity contribution in [3.05, 3.63) is 12.2 Å². The van der Waals surface area contributed by atoms with Crippen molar-refractivity contribution < 1.29 is 9.90 Å². The van der Waals surface area contributed by atoms with Crippen LogP contribution < -0.4 is 0 Å². The Morgan fingerprint density at radius 2 is 1.90 bits per heavy atom. The molecule has 10 heavy (non-hydrogen) atoms. The van der Waals surface area contributed by atoms with E-state index in [1.165, 1.54) is 0 Å². The average Bonchev–Trinajstić information content (AvgIpc) is 1.89. The molecule has 0 saturated heterocycles. The van der Waals surface area contributed by atoms with Crippen LogP contribution in [0.4, 0.5) is 0 Å². The van der Waals surface area contributed by atoms with Gasteiger partial charge in [-0.1, -0.05) is 20.4 Å². The van der Waals surface area contributed by atoms with Gasteiger partial charge in [0.2, 0.25) is 0 Å². The minimum atomic E-state index is 0.306. The van der Waals surface area contributed by atoms with Gasteiger partial charge in [0.15, 0.2) is 0 Å². The van der Waals surface area contributed by atoms with Crippen molar-refractivity contribution in [1.82, 2.24) is 0 Å². The van der Waals surface area contributed by atoms with Gasteiger partial charge < -0.3 is 5.11 Å². The number of rotatable bonds is 2. The average molecular weight is 144 g/mol. The zero-order valence-electron chi connectivity index (χ0n) is 6.92. The zero-order chi connectivity index (χ0) is 8.57. The van der Waals surface area contributed by atoms with E-state index in [9.17, 15) is 4.79 Å². The summed E-state index contributed by atoms with van der Waals surface area (Å²) >= 11 is 0. The SMILES string of the molecule is C=C(C)C=O.CC(C)CO. The fraction of sp³-hybridized carbons (Fsp3) is 0.625. The first-order chi connectivity index (χ1) is 4.54. The molecule has 0 saturated carbocycles. The van der Waals surface area contributed by atoms with Crippen molar-refractivity contribution in [3.8, 4) is 0 Å². The quantitative estimate of drug-likeness (QED) is 0.470. The predicted octanol–water partition coefficient (Wildman–Crippen LogP) is 1.40. The first-order valence-electron chi connectivity index (χ1n) is 3.26. The third kappa shape index (κ3) is 26.3. The van der Waals surface area contributed by atoms with Crippen LogP contribution in [0.1, 0.15) is 20.8 Å². The Hall–Kier alpha value is -0.630. The van der Waals surface area contributed by atoms with E-state index in [1.54, 1.807) is 6.92 Å². The standard InChI is InChI=1S/C4H10O.C4H6O/c2*1-4(2)3-5/h4-5H,3H2,1-2H3;3H,1H2,2H3. The van der Waals surface area contributed by atoms with Crippen molar-refractivity contribution in [1.29, 1.82) is 0 Å². The van der Waals surface area contributed by atoms with E-state index < -0.39 is 0 Å². The summed E-state index contributed by atoms with van der Waals surface area (Å²) in [6.45, 7) is 9.22. The Morgan fingerprint density at radius 3 is 1.90 bits per heavy atom. The van der Waals surface area contributed by atoms with Crippen LogP contribution in [0.5, 0.6) is 0 Å². The fourth-order valence-corrected chi connectivity index (χ4v) is 0. The van der Waals surface area contributed by atoms with E-state index in [-0.39, 0.29) is 0 Å². The summed E-state index contributed by atoms with van der Waals surface area (Å²) in [6, 6.07) is 0. The monoisotopic (exact) mass is 144 g/mol. The highest BCUT2D eigenvalue weighted by molar-refractivity contribution is 5.70. The number of hydrogen-bond acceptors (Lipinski definition) is 2. The third-order valence-electron chi connectivity index (χ3n) is 0.566. The molecule has 0 bridgehead atoms. The Morgan fingerprint density at radius 1 is 1.70 bits per heavy atom. The number of aliphatic hydroxyl groups excluding tert-OH is 1. The maximum absolute atomic E-state index is 9.41. The minimum Gasteiger partial charge on any atom is -0.396 e. The second-order valence-corrected chi connectivity index (χ2v) is 2.54. The van der Waals surface area contributed by atoms with Crippen molar-refractivity contribution in [2.75, 3.05) is 6.61 Å². The van der Waals surface area contributed by atoms with Gasteiger partial charge in [-0.3, -0.25) is 4.79 Å². The number of aliphatic hydroxyl groups is 1. The van der Waals surface area contributed by atoms with E-state index in [4.69, 9.17) is 5.11 Å². The maximum Gasteiger partial charge on any atom is 0.145 e. The summed E-state index contributed by atoms with van der Waals surface area (Å²) in [5.74, 6) is 0.440. The lowest BCUT2D eigenvalue weighted by Crippen LogP contribution is -1.90. The van der Waals surface area contributed by atoms with Crippen LogP contribution in [0.3, 0.4) is 0 Å². The van der Waals surface area contributed by atoms with E-state index >= 15 is 0 Å². The van der Waals surface area contributed by atoms with Gasteiger partial charge in [-0.05, 0) is 18.4 Å². The van der Waals surface area contributed by atoms with E-state index in [2.05, 4.69) is 6.58 Å². The molecule has 0 unspecified atom stereocenters.